The molecule has 1 aromatic carbocycles. The van der Waals surface area contributed by atoms with Gasteiger partial charge in [-0.3, -0.25) is 0 Å². The molecule has 0 heterocycles. The van der Waals surface area contributed by atoms with Crippen LogP contribution in [0, 0.1) is 0 Å². The smallest absolute Gasteiger partial charge is 0.147 e. The number of hydrogen-bond donors (Lipinski definition) is 1. The maximum atomic E-state index is 10.9. The molecule has 0 aliphatic carbocycles. The number of alkyl halides is 1. The van der Waals surface area contributed by atoms with Crippen LogP contribution in [0.25, 0.3) is 0 Å². The number of nitrogens with one attached hydrogen (secondary N) is 1. The third-order valence-electron chi connectivity index (χ3n) is 2.36. The molecular formula is C12H18ClNO2S. The summed E-state index contributed by atoms with van der Waals surface area (Å²) in [6.45, 7) is 0.669. The van der Waals surface area contributed by atoms with Crippen molar-refractivity contribution in [2.45, 2.75) is 12.8 Å². The minimum absolute atomic E-state index is 0.227. The summed E-state index contributed by atoms with van der Waals surface area (Å²) in [5, 5.41) is 3.19. The van der Waals surface area contributed by atoms with Gasteiger partial charge in [0.25, 0.3) is 0 Å². The Labute approximate surface area is 108 Å². The molecule has 1 rings (SSSR count). The first-order valence-electron chi connectivity index (χ1n) is 5.58. The lowest BCUT2D eigenvalue weighted by molar-refractivity contribution is 0.600. The minimum atomic E-state index is -2.85. The van der Waals surface area contributed by atoms with Gasteiger partial charge in [0.05, 0.1) is 5.75 Å². The summed E-state index contributed by atoms with van der Waals surface area (Å²) in [5.41, 5.74) is 2.22. The topological polar surface area (TPSA) is 46.2 Å². The molecule has 0 atom stereocenters. The van der Waals surface area contributed by atoms with E-state index >= 15 is 0 Å². The van der Waals surface area contributed by atoms with E-state index in [1.807, 2.05) is 24.3 Å². The first-order chi connectivity index (χ1) is 8.01. The molecule has 1 N–H and O–H groups in total. The van der Waals surface area contributed by atoms with Crippen molar-refractivity contribution in [3.05, 3.63) is 29.8 Å². The van der Waals surface area contributed by atoms with Crippen molar-refractivity contribution in [1.29, 1.82) is 0 Å². The summed E-state index contributed by atoms with van der Waals surface area (Å²) in [5.74, 6) is 0.853. The van der Waals surface area contributed by atoms with Crippen LogP contribution in [0.3, 0.4) is 0 Å². The fourth-order valence-electron chi connectivity index (χ4n) is 1.47. The van der Waals surface area contributed by atoms with Crippen molar-refractivity contribution in [3.63, 3.8) is 0 Å². The first-order valence-corrected chi connectivity index (χ1v) is 8.17. The molecular weight excluding hydrogens is 258 g/mol. The Bertz CT molecular complexity index is 428. The van der Waals surface area contributed by atoms with E-state index in [1.54, 1.807) is 0 Å². The standard InChI is InChI=1S/C12H18ClNO2S/c1-17(15,16)10-2-9-14-12-5-3-11(4-6-12)7-8-13/h3-6,14H,2,7-10H2,1H3. The number of anilines is 1. The fraction of sp³-hybridized carbons (Fsp3) is 0.500. The van der Waals surface area contributed by atoms with Crippen molar-refractivity contribution in [3.8, 4) is 0 Å². The van der Waals surface area contributed by atoms with E-state index in [0.29, 0.717) is 18.8 Å². The highest BCUT2D eigenvalue weighted by Crippen LogP contribution is 2.10. The third kappa shape index (κ3) is 6.54. The molecule has 96 valence electrons. The molecule has 0 amide bonds. The summed E-state index contributed by atoms with van der Waals surface area (Å²) >= 11 is 5.65. The van der Waals surface area contributed by atoms with Crippen LogP contribution < -0.4 is 5.32 Å². The zero-order chi connectivity index (χ0) is 12.7. The molecule has 0 aliphatic rings. The van der Waals surface area contributed by atoms with E-state index in [4.69, 9.17) is 11.6 Å². The van der Waals surface area contributed by atoms with E-state index in [0.717, 1.165) is 12.1 Å². The van der Waals surface area contributed by atoms with Crippen molar-refractivity contribution in [2.75, 3.05) is 29.8 Å². The summed E-state index contributed by atoms with van der Waals surface area (Å²) in [6.07, 6.45) is 2.76. The number of hydrogen-bond acceptors (Lipinski definition) is 3. The molecule has 17 heavy (non-hydrogen) atoms. The summed E-state index contributed by atoms with van der Waals surface area (Å²) in [6, 6.07) is 8.03. The van der Waals surface area contributed by atoms with Crippen LogP contribution in [0.2, 0.25) is 0 Å². The number of aryl methyl sites for hydroxylation is 1. The lowest BCUT2D eigenvalue weighted by Gasteiger charge is -2.06. The largest absolute Gasteiger partial charge is 0.385 e. The Morgan fingerprint density at radius 1 is 1.24 bits per heavy atom. The number of halogens is 1. The molecule has 0 saturated heterocycles. The van der Waals surface area contributed by atoms with Crippen LogP contribution in [0.5, 0.6) is 0 Å². The average Bonchev–Trinajstić information content (AvgIpc) is 2.26. The van der Waals surface area contributed by atoms with Gasteiger partial charge < -0.3 is 5.32 Å². The maximum absolute atomic E-state index is 10.9. The van der Waals surface area contributed by atoms with Crippen LogP contribution >= 0.6 is 11.6 Å². The van der Waals surface area contributed by atoms with Gasteiger partial charge in [-0.1, -0.05) is 12.1 Å². The number of sulfone groups is 1. The molecule has 0 fully saturated rings. The van der Waals surface area contributed by atoms with Crippen LogP contribution in [0.15, 0.2) is 24.3 Å². The SMILES string of the molecule is CS(=O)(=O)CCCNc1ccc(CCCl)cc1. The van der Waals surface area contributed by atoms with Gasteiger partial charge in [0, 0.05) is 24.4 Å². The Hall–Kier alpha value is -0.740. The van der Waals surface area contributed by atoms with E-state index in [2.05, 4.69) is 5.32 Å². The fourth-order valence-corrected chi connectivity index (χ4v) is 2.35. The first kappa shape index (κ1) is 14.3. The van der Waals surface area contributed by atoms with Gasteiger partial charge in [-0.15, -0.1) is 11.6 Å². The highest BCUT2D eigenvalue weighted by Gasteiger charge is 2.00. The Kier molecular flexibility index (Phi) is 5.78. The Morgan fingerprint density at radius 2 is 1.88 bits per heavy atom. The van der Waals surface area contributed by atoms with Gasteiger partial charge in [0.2, 0.25) is 0 Å². The number of rotatable bonds is 7. The van der Waals surface area contributed by atoms with E-state index in [9.17, 15) is 8.42 Å². The molecule has 0 bridgehead atoms. The minimum Gasteiger partial charge on any atom is -0.385 e. The average molecular weight is 276 g/mol. The molecule has 0 unspecified atom stereocenters. The third-order valence-corrected chi connectivity index (χ3v) is 3.58. The van der Waals surface area contributed by atoms with Gasteiger partial charge in [-0.05, 0) is 30.5 Å². The molecule has 0 radical (unpaired) electrons. The van der Waals surface area contributed by atoms with Crippen LogP contribution in [-0.2, 0) is 16.3 Å². The van der Waals surface area contributed by atoms with E-state index < -0.39 is 9.84 Å². The molecule has 3 nitrogen and oxygen atoms in total. The number of benzene rings is 1. The predicted molar refractivity (Wildman–Crippen MR) is 73.7 cm³/mol. The van der Waals surface area contributed by atoms with Gasteiger partial charge in [0.1, 0.15) is 9.84 Å². The predicted octanol–water partition coefficient (Wildman–Crippen LogP) is 2.31. The molecule has 0 aliphatic heterocycles. The molecule has 5 heteroatoms. The normalized spacial score (nSPS) is 11.4. The second-order valence-electron chi connectivity index (χ2n) is 4.05. The monoisotopic (exact) mass is 275 g/mol. The van der Waals surface area contributed by atoms with Crippen LogP contribution in [-0.4, -0.2) is 32.9 Å². The van der Waals surface area contributed by atoms with E-state index in [1.165, 1.54) is 11.8 Å². The van der Waals surface area contributed by atoms with Crippen molar-refractivity contribution in [1.82, 2.24) is 0 Å². The molecule has 1 aromatic rings. The second-order valence-corrected chi connectivity index (χ2v) is 6.68. The Balaban J connectivity index is 2.32. The lowest BCUT2D eigenvalue weighted by atomic mass is 10.1. The second kappa shape index (κ2) is 6.87. The Morgan fingerprint density at radius 3 is 2.41 bits per heavy atom. The molecule has 0 saturated carbocycles. The quantitative estimate of drug-likeness (QED) is 0.614. The molecule has 0 spiro atoms. The lowest BCUT2D eigenvalue weighted by Crippen LogP contribution is -2.09. The summed E-state index contributed by atoms with van der Waals surface area (Å²) in [7, 11) is -2.85. The van der Waals surface area contributed by atoms with Gasteiger partial charge >= 0.3 is 0 Å². The zero-order valence-electron chi connectivity index (χ0n) is 9.95. The summed E-state index contributed by atoms with van der Waals surface area (Å²) < 4.78 is 21.8. The van der Waals surface area contributed by atoms with Gasteiger partial charge in [-0.2, -0.15) is 0 Å². The maximum Gasteiger partial charge on any atom is 0.147 e. The van der Waals surface area contributed by atoms with Crippen molar-refractivity contribution >= 4 is 27.1 Å². The van der Waals surface area contributed by atoms with Crippen LogP contribution in [0.1, 0.15) is 12.0 Å². The molecule has 0 aromatic heterocycles. The van der Waals surface area contributed by atoms with Gasteiger partial charge in [0.15, 0.2) is 0 Å². The van der Waals surface area contributed by atoms with Crippen LogP contribution in [0.4, 0.5) is 5.69 Å². The highest BCUT2D eigenvalue weighted by atomic mass is 35.5. The van der Waals surface area contributed by atoms with Gasteiger partial charge in [-0.25, -0.2) is 8.42 Å². The van der Waals surface area contributed by atoms with Crippen molar-refractivity contribution < 1.29 is 8.42 Å². The summed E-state index contributed by atoms with van der Waals surface area (Å²) in [4.78, 5) is 0. The highest BCUT2D eigenvalue weighted by molar-refractivity contribution is 7.90. The van der Waals surface area contributed by atoms with Crippen molar-refractivity contribution in [2.24, 2.45) is 0 Å². The zero-order valence-corrected chi connectivity index (χ0v) is 11.5. The van der Waals surface area contributed by atoms with E-state index in [-0.39, 0.29) is 5.75 Å².